The van der Waals surface area contributed by atoms with Crippen molar-refractivity contribution in [1.82, 2.24) is 0 Å². The van der Waals surface area contributed by atoms with Gasteiger partial charge in [-0.05, 0) is 144 Å². The molecule has 51 heavy (non-hydrogen) atoms. The predicted octanol–water partition coefficient (Wildman–Crippen LogP) is 14.0. The fourth-order valence-corrected chi connectivity index (χ4v) is 8.74. The molecule has 0 amide bonds. The number of benzene rings is 4. The van der Waals surface area contributed by atoms with Crippen molar-refractivity contribution in [1.29, 1.82) is 0 Å². The molecule has 1 nitrogen and oxygen atoms in total. The highest BCUT2D eigenvalue weighted by atomic mass is 19.1. The number of rotatable bonds is 14. The van der Waals surface area contributed by atoms with Gasteiger partial charge in [0.05, 0.1) is 13.2 Å². The van der Waals surface area contributed by atoms with Crippen LogP contribution in [-0.2, 0) is 4.74 Å². The van der Waals surface area contributed by atoms with E-state index in [1.54, 1.807) is 0 Å². The van der Waals surface area contributed by atoms with Crippen LogP contribution in [0.25, 0.3) is 33.4 Å². The van der Waals surface area contributed by atoms with E-state index >= 15 is 0 Å². The average Bonchev–Trinajstić information content (AvgIpc) is 3.17. The summed E-state index contributed by atoms with van der Waals surface area (Å²) in [5.41, 5.74) is 9.62. The molecule has 2 saturated carbocycles. The fraction of sp³-hybridized carbons (Fsp3) is 0.417. The lowest BCUT2D eigenvalue weighted by Crippen LogP contribution is -2.16. The Balaban J connectivity index is 1.18. The van der Waals surface area contributed by atoms with Crippen LogP contribution < -0.4 is 0 Å². The summed E-state index contributed by atoms with van der Waals surface area (Å²) in [7, 11) is 0. The Morgan fingerprint density at radius 3 is 1.12 bits per heavy atom. The van der Waals surface area contributed by atoms with Crippen LogP contribution in [0.15, 0.2) is 109 Å². The molecule has 2 fully saturated rings. The van der Waals surface area contributed by atoms with Crippen molar-refractivity contribution < 1.29 is 13.5 Å². The van der Waals surface area contributed by atoms with Crippen LogP contribution in [0.2, 0.25) is 0 Å². The van der Waals surface area contributed by atoms with Gasteiger partial charge in [-0.3, -0.25) is 0 Å². The second-order valence-electron chi connectivity index (χ2n) is 15.0. The van der Waals surface area contributed by atoms with Crippen molar-refractivity contribution in [3.8, 4) is 22.3 Å². The molecule has 2 aliphatic rings. The van der Waals surface area contributed by atoms with Gasteiger partial charge < -0.3 is 4.74 Å². The number of hydrogen-bond acceptors (Lipinski definition) is 1. The van der Waals surface area contributed by atoms with E-state index in [0.29, 0.717) is 25.0 Å². The fourth-order valence-electron chi connectivity index (χ4n) is 8.74. The molecule has 0 spiro atoms. The maximum atomic E-state index is 13.5. The van der Waals surface area contributed by atoms with Gasteiger partial charge in [-0.2, -0.15) is 0 Å². The zero-order chi connectivity index (χ0) is 35.4. The van der Waals surface area contributed by atoms with Gasteiger partial charge in [-0.1, -0.05) is 124 Å². The maximum absolute atomic E-state index is 13.5. The summed E-state index contributed by atoms with van der Waals surface area (Å²) in [6, 6.07) is 31.2. The molecule has 0 saturated heterocycles. The third-order valence-electron chi connectivity index (χ3n) is 11.6. The van der Waals surface area contributed by atoms with Gasteiger partial charge in [-0.15, -0.1) is 0 Å². The zero-order valence-electron chi connectivity index (χ0n) is 30.8. The zero-order valence-corrected chi connectivity index (χ0v) is 30.8. The molecule has 2 aliphatic carbocycles. The minimum atomic E-state index is -0.208. The first-order valence-corrected chi connectivity index (χ1v) is 19.7. The van der Waals surface area contributed by atoms with Gasteiger partial charge in [0, 0.05) is 0 Å². The number of halogens is 2. The Kier molecular flexibility index (Phi) is 13.5. The number of hydrogen-bond donors (Lipinski definition) is 0. The van der Waals surface area contributed by atoms with Gasteiger partial charge in [0.2, 0.25) is 0 Å². The molecule has 0 aromatic heterocycles. The highest BCUT2D eigenvalue weighted by Gasteiger charge is 2.25. The first-order chi connectivity index (χ1) is 25.0. The van der Waals surface area contributed by atoms with Crippen molar-refractivity contribution in [3.05, 3.63) is 132 Å². The van der Waals surface area contributed by atoms with Crippen LogP contribution in [0, 0.1) is 35.3 Å². The summed E-state index contributed by atoms with van der Waals surface area (Å²) >= 11 is 0. The topological polar surface area (TPSA) is 9.23 Å². The summed E-state index contributed by atoms with van der Waals surface area (Å²) in [6.07, 6.45) is 20.0. The SMILES string of the molecule is CCC[C@H]1CC[C@H](C(=CCOCC=C(c2ccc(-c3ccc(F)cc3)cc2)[C@H]2CC[C@H](CCC)CC2)c2ccc(-c3ccc(F)cc3)cc2)CC1. The third kappa shape index (κ3) is 10.2. The normalized spacial score (nSPS) is 21.5. The van der Waals surface area contributed by atoms with E-state index in [1.165, 1.54) is 124 Å². The quantitative estimate of drug-likeness (QED) is 0.120. The van der Waals surface area contributed by atoms with Crippen LogP contribution in [0.5, 0.6) is 0 Å². The maximum Gasteiger partial charge on any atom is 0.123 e. The van der Waals surface area contributed by atoms with E-state index in [2.05, 4.69) is 74.5 Å². The molecule has 0 N–H and O–H groups in total. The van der Waals surface area contributed by atoms with Crippen LogP contribution in [-0.4, -0.2) is 13.2 Å². The molecule has 0 unspecified atom stereocenters. The molecule has 4 aromatic rings. The van der Waals surface area contributed by atoms with E-state index in [-0.39, 0.29) is 11.6 Å². The molecule has 268 valence electrons. The van der Waals surface area contributed by atoms with Crippen molar-refractivity contribution in [2.45, 2.75) is 90.9 Å². The number of ether oxygens (including phenoxy) is 1. The third-order valence-corrected chi connectivity index (χ3v) is 11.6. The summed E-state index contributed by atoms with van der Waals surface area (Å²) in [5, 5.41) is 0. The van der Waals surface area contributed by atoms with Gasteiger partial charge in [-0.25, -0.2) is 8.78 Å². The van der Waals surface area contributed by atoms with E-state index in [1.807, 2.05) is 24.3 Å². The predicted molar refractivity (Wildman–Crippen MR) is 211 cm³/mol. The molecular weight excluding hydrogens is 631 g/mol. The highest BCUT2D eigenvalue weighted by molar-refractivity contribution is 5.73. The molecule has 4 aromatic carbocycles. The molecule has 0 heterocycles. The summed E-state index contributed by atoms with van der Waals surface area (Å²) in [4.78, 5) is 0. The van der Waals surface area contributed by atoms with E-state index in [0.717, 1.165) is 34.1 Å². The summed E-state index contributed by atoms with van der Waals surface area (Å²) in [5.74, 6) is 2.38. The first-order valence-electron chi connectivity index (χ1n) is 19.7. The minimum absolute atomic E-state index is 0.208. The Hall–Kier alpha value is -3.82. The minimum Gasteiger partial charge on any atom is -0.373 e. The summed E-state index contributed by atoms with van der Waals surface area (Å²) in [6.45, 7) is 5.77. The molecule has 0 bridgehead atoms. The largest absolute Gasteiger partial charge is 0.373 e. The lowest BCUT2D eigenvalue weighted by molar-refractivity contribution is 0.193. The highest BCUT2D eigenvalue weighted by Crippen LogP contribution is 2.41. The van der Waals surface area contributed by atoms with Gasteiger partial charge in [0.25, 0.3) is 0 Å². The molecule has 6 rings (SSSR count). The smallest absolute Gasteiger partial charge is 0.123 e. The Morgan fingerprint density at radius 1 is 0.490 bits per heavy atom. The first kappa shape index (κ1) is 37.0. The standard InChI is InChI=1S/C48H56F2O/c1-3-5-35-7-11-41(12-8-35)47(43-19-15-37(16-20-43)39-23-27-45(49)28-24-39)31-33-51-34-32-48(42-13-9-36(6-4-2)10-14-42)44-21-17-38(18-22-44)40-25-29-46(50)30-26-40/h15-32,35-36,41-42H,3-14,33-34H2,1-2H3/t35-,36-,41-,42-. The lowest BCUT2D eigenvalue weighted by Gasteiger charge is -2.31. The van der Waals surface area contributed by atoms with Crippen molar-refractivity contribution >= 4 is 11.1 Å². The van der Waals surface area contributed by atoms with Crippen molar-refractivity contribution in [2.24, 2.45) is 23.7 Å². The van der Waals surface area contributed by atoms with E-state index < -0.39 is 0 Å². The molecule has 3 heteroatoms. The van der Waals surface area contributed by atoms with Crippen molar-refractivity contribution in [3.63, 3.8) is 0 Å². The van der Waals surface area contributed by atoms with Gasteiger partial charge >= 0.3 is 0 Å². The van der Waals surface area contributed by atoms with Crippen molar-refractivity contribution in [2.75, 3.05) is 13.2 Å². The van der Waals surface area contributed by atoms with E-state index in [9.17, 15) is 8.78 Å². The monoisotopic (exact) mass is 686 g/mol. The van der Waals surface area contributed by atoms with Crippen LogP contribution in [0.4, 0.5) is 8.78 Å². The molecule has 0 aliphatic heterocycles. The van der Waals surface area contributed by atoms with Crippen LogP contribution in [0.3, 0.4) is 0 Å². The average molecular weight is 687 g/mol. The Labute approximate surface area is 305 Å². The second kappa shape index (κ2) is 18.6. The van der Waals surface area contributed by atoms with Crippen LogP contribution in [0.1, 0.15) is 102 Å². The molecule has 0 atom stereocenters. The lowest BCUT2D eigenvalue weighted by atomic mass is 9.75. The van der Waals surface area contributed by atoms with Crippen LogP contribution >= 0.6 is 0 Å². The van der Waals surface area contributed by atoms with E-state index in [4.69, 9.17) is 4.74 Å². The van der Waals surface area contributed by atoms with Gasteiger partial charge in [0.15, 0.2) is 0 Å². The second-order valence-corrected chi connectivity index (χ2v) is 15.0. The number of allylic oxidation sites excluding steroid dienone is 2. The Bertz CT molecular complexity index is 1550. The molecule has 0 radical (unpaired) electrons. The Morgan fingerprint density at radius 2 is 0.804 bits per heavy atom. The van der Waals surface area contributed by atoms with Gasteiger partial charge in [0.1, 0.15) is 11.6 Å². The summed E-state index contributed by atoms with van der Waals surface area (Å²) < 4.78 is 33.5. The molecular formula is C48H56F2O.